The zero-order valence-corrected chi connectivity index (χ0v) is 22.3. The van der Waals surface area contributed by atoms with Gasteiger partial charge in [-0.05, 0) is 32.9 Å². The third-order valence-corrected chi connectivity index (χ3v) is 6.35. The summed E-state index contributed by atoms with van der Waals surface area (Å²) >= 11 is 0. The second-order valence-electron chi connectivity index (χ2n) is 9.78. The molecule has 0 saturated carbocycles. The summed E-state index contributed by atoms with van der Waals surface area (Å²) in [6.45, 7) is 4.92. The summed E-state index contributed by atoms with van der Waals surface area (Å²) in [6, 6.07) is 8.95. The van der Waals surface area contributed by atoms with Crippen LogP contribution in [0.5, 0.6) is 0 Å². The normalized spacial score (nSPS) is 12.5. The first kappa shape index (κ1) is 26.4. The molecule has 4 rings (SSSR count). The van der Waals surface area contributed by atoms with Crippen LogP contribution in [-0.2, 0) is 46.1 Å². The van der Waals surface area contributed by atoms with E-state index < -0.39 is 33.1 Å². The number of carbonyl (C=O) groups excluding carboxylic acids is 1. The Balaban J connectivity index is 1.83. The number of hydrogen-bond acceptors (Lipinski definition) is 8. The summed E-state index contributed by atoms with van der Waals surface area (Å²) in [4.78, 5) is 44.3. The Morgan fingerprint density at radius 2 is 1.76 bits per heavy atom. The topological polar surface area (TPSA) is 136 Å². The number of para-hydroxylation sites is 1. The first-order valence-corrected chi connectivity index (χ1v) is 13.3. The predicted octanol–water partition coefficient (Wildman–Crippen LogP) is 1.74. The molecular weight excluding hydrogens is 502 g/mol. The summed E-state index contributed by atoms with van der Waals surface area (Å²) < 4.78 is 38.1. The van der Waals surface area contributed by atoms with E-state index in [2.05, 4.69) is 4.98 Å². The van der Waals surface area contributed by atoms with Crippen LogP contribution in [0.25, 0.3) is 22.1 Å². The number of nitrogens with zero attached hydrogens (tertiary/aromatic N) is 5. The lowest BCUT2D eigenvalue weighted by Crippen LogP contribution is -2.40. The summed E-state index contributed by atoms with van der Waals surface area (Å²) in [5.41, 5.74) is -0.645. The summed E-state index contributed by atoms with van der Waals surface area (Å²) in [6.07, 6.45) is 0.433. The number of hydrogen-bond donors (Lipinski definition) is 0. The average Bonchev–Trinajstić information content (AvgIpc) is 3.31. The fourth-order valence-corrected chi connectivity index (χ4v) is 4.54. The largest absolute Gasteiger partial charge is 0.443 e. The fraction of sp³-hybridized carbons (Fsp3) is 0.417. The monoisotopic (exact) mass is 531 g/mol. The van der Waals surface area contributed by atoms with E-state index in [1.54, 1.807) is 46.0 Å². The molecule has 0 radical (unpaired) electrons. The fourth-order valence-electron chi connectivity index (χ4n) is 4.15. The van der Waals surface area contributed by atoms with Crippen molar-refractivity contribution in [3.05, 3.63) is 62.7 Å². The van der Waals surface area contributed by atoms with Gasteiger partial charge in [0.25, 0.3) is 15.7 Å². The molecule has 0 unspecified atom stereocenters. The van der Waals surface area contributed by atoms with Crippen molar-refractivity contribution in [3.63, 3.8) is 0 Å². The maximum Gasteiger partial charge on any atom is 0.419 e. The molecule has 13 heteroatoms. The Morgan fingerprint density at radius 1 is 1.08 bits per heavy atom. The van der Waals surface area contributed by atoms with Crippen LogP contribution in [0.1, 0.15) is 32.3 Å². The van der Waals surface area contributed by atoms with Gasteiger partial charge in [-0.3, -0.25) is 18.1 Å². The van der Waals surface area contributed by atoms with Crippen molar-refractivity contribution in [2.24, 2.45) is 14.1 Å². The van der Waals surface area contributed by atoms with Crippen molar-refractivity contribution >= 4 is 38.3 Å². The molecule has 3 heterocycles. The highest BCUT2D eigenvalue weighted by Crippen LogP contribution is 2.22. The molecule has 0 fully saturated rings. The first-order valence-electron chi connectivity index (χ1n) is 11.5. The maximum absolute atomic E-state index is 13.5. The van der Waals surface area contributed by atoms with E-state index in [4.69, 9.17) is 8.92 Å². The van der Waals surface area contributed by atoms with E-state index in [0.717, 1.165) is 16.2 Å². The van der Waals surface area contributed by atoms with Crippen molar-refractivity contribution in [1.29, 1.82) is 0 Å². The lowest BCUT2D eigenvalue weighted by atomic mass is 10.2. The molecule has 3 aromatic heterocycles. The van der Waals surface area contributed by atoms with Crippen LogP contribution in [0.3, 0.4) is 0 Å². The molecule has 12 nitrogen and oxygen atoms in total. The highest BCUT2D eigenvalue weighted by molar-refractivity contribution is 7.85. The number of carbonyl (C=O) groups is 1. The molecule has 0 amide bonds. The number of fused-ring (bicyclic) bond motifs is 2. The van der Waals surface area contributed by atoms with E-state index in [1.807, 2.05) is 12.1 Å². The third-order valence-electron chi connectivity index (χ3n) is 5.76. The summed E-state index contributed by atoms with van der Waals surface area (Å²) in [5, 5.41) is 0.753. The lowest BCUT2D eigenvalue weighted by Gasteiger charge is -2.21. The second kappa shape index (κ2) is 9.30. The van der Waals surface area contributed by atoms with Crippen LogP contribution < -0.4 is 11.2 Å². The summed E-state index contributed by atoms with van der Waals surface area (Å²) in [7, 11) is -0.530. The van der Waals surface area contributed by atoms with E-state index in [0.29, 0.717) is 17.0 Å². The number of imidazole rings is 1. The molecule has 0 bridgehead atoms. The van der Waals surface area contributed by atoms with Gasteiger partial charge in [-0.25, -0.2) is 19.1 Å². The van der Waals surface area contributed by atoms with Gasteiger partial charge in [-0.15, -0.1) is 0 Å². The van der Waals surface area contributed by atoms with Gasteiger partial charge >= 0.3 is 11.8 Å². The van der Waals surface area contributed by atoms with Crippen molar-refractivity contribution < 1.29 is 22.1 Å². The Hall–Kier alpha value is -3.71. The summed E-state index contributed by atoms with van der Waals surface area (Å²) in [5.74, 6) is 0.381. The van der Waals surface area contributed by atoms with Gasteiger partial charge in [0.05, 0.1) is 30.6 Å². The van der Waals surface area contributed by atoms with Gasteiger partial charge in [-0.1, -0.05) is 18.2 Å². The van der Waals surface area contributed by atoms with Crippen LogP contribution in [0.4, 0.5) is 4.79 Å². The van der Waals surface area contributed by atoms with Gasteiger partial charge in [0.15, 0.2) is 11.2 Å². The minimum atomic E-state index is -3.63. The van der Waals surface area contributed by atoms with Crippen LogP contribution in [-0.4, -0.2) is 56.2 Å². The first-order chi connectivity index (χ1) is 17.2. The van der Waals surface area contributed by atoms with Gasteiger partial charge in [-0.2, -0.15) is 8.42 Å². The maximum atomic E-state index is 13.5. The van der Waals surface area contributed by atoms with Gasteiger partial charge in [0.2, 0.25) is 0 Å². The number of ether oxygens (including phenoxy) is 1. The minimum absolute atomic E-state index is 0.110. The van der Waals surface area contributed by atoms with E-state index in [-0.39, 0.29) is 30.7 Å². The number of aromatic nitrogens is 5. The number of aryl methyl sites for hydroxylation is 2. The van der Waals surface area contributed by atoms with Crippen LogP contribution in [0.15, 0.2) is 39.9 Å². The third kappa shape index (κ3) is 5.23. The molecule has 198 valence electrons. The molecule has 0 atom stereocenters. The smallest absolute Gasteiger partial charge is 0.419 e. The molecule has 0 saturated heterocycles. The Kier molecular flexibility index (Phi) is 6.63. The molecular formula is C24H29N5O7S. The average molecular weight is 532 g/mol. The lowest BCUT2D eigenvalue weighted by molar-refractivity contribution is 0.0539. The molecule has 37 heavy (non-hydrogen) atoms. The standard InChI is InChI=1S/C24H29N5O7S/c1-24(2,3)36-23(32)29-16(13-15-9-7-8-10-17(15)29)14-28-21(30)19-20(27(5)22(28)31)25-18(26(19)4)11-12-35-37(6,33)34/h7-10,13H,11-12,14H2,1-6H3. The van der Waals surface area contributed by atoms with E-state index >= 15 is 0 Å². The molecule has 0 spiro atoms. The zero-order valence-electron chi connectivity index (χ0n) is 21.5. The minimum Gasteiger partial charge on any atom is -0.443 e. The number of rotatable bonds is 6. The van der Waals surface area contributed by atoms with E-state index in [1.165, 1.54) is 20.7 Å². The van der Waals surface area contributed by atoms with Crippen LogP contribution in [0.2, 0.25) is 0 Å². The molecule has 0 aliphatic rings. The highest BCUT2D eigenvalue weighted by Gasteiger charge is 2.24. The van der Waals surface area contributed by atoms with Crippen LogP contribution >= 0.6 is 0 Å². The van der Waals surface area contributed by atoms with Gasteiger partial charge < -0.3 is 9.30 Å². The molecule has 0 N–H and O–H groups in total. The Bertz CT molecular complexity index is 1750. The van der Waals surface area contributed by atoms with Crippen LogP contribution in [0, 0.1) is 0 Å². The SMILES string of the molecule is Cn1c(CCOS(C)(=O)=O)nc2c1c(=O)n(Cc1cc3ccccc3n1C(=O)OC(C)(C)C)c(=O)n2C. The molecule has 0 aliphatic heterocycles. The van der Waals surface area contributed by atoms with Gasteiger partial charge in [0.1, 0.15) is 11.4 Å². The van der Waals surface area contributed by atoms with Crippen molar-refractivity contribution in [2.45, 2.75) is 39.3 Å². The van der Waals surface area contributed by atoms with E-state index in [9.17, 15) is 22.8 Å². The Labute approximate surface area is 212 Å². The van der Waals surface area contributed by atoms with Crippen molar-refractivity contribution in [2.75, 3.05) is 12.9 Å². The molecule has 0 aliphatic carbocycles. The van der Waals surface area contributed by atoms with Gasteiger partial charge in [0, 0.05) is 25.9 Å². The second-order valence-corrected chi connectivity index (χ2v) is 11.4. The number of benzene rings is 1. The Morgan fingerprint density at radius 3 is 2.41 bits per heavy atom. The van der Waals surface area contributed by atoms with Crippen molar-refractivity contribution in [3.8, 4) is 0 Å². The predicted molar refractivity (Wildman–Crippen MR) is 137 cm³/mol. The quantitative estimate of drug-likeness (QED) is 0.343. The van der Waals surface area contributed by atoms with Crippen molar-refractivity contribution in [1.82, 2.24) is 23.3 Å². The highest BCUT2D eigenvalue weighted by atomic mass is 32.2. The molecule has 4 aromatic rings. The zero-order chi connectivity index (χ0) is 27.3. The molecule has 1 aromatic carbocycles.